The molecule has 0 saturated carbocycles. The van der Waals surface area contributed by atoms with Gasteiger partial charge in [-0.25, -0.2) is 0 Å². The Labute approximate surface area is 185 Å². The van der Waals surface area contributed by atoms with Crippen LogP contribution in [-0.2, 0) is 11.8 Å². The predicted octanol–water partition coefficient (Wildman–Crippen LogP) is 6.21. The number of halogens is 1. The Morgan fingerprint density at radius 3 is 2.32 bits per heavy atom. The molecule has 0 aliphatic carbocycles. The van der Waals surface area contributed by atoms with Crippen LogP contribution in [0.25, 0.3) is 33.9 Å². The van der Waals surface area contributed by atoms with E-state index in [1.807, 2.05) is 78.6 Å². The van der Waals surface area contributed by atoms with E-state index in [0.717, 1.165) is 33.4 Å². The van der Waals surface area contributed by atoms with Gasteiger partial charge in [0.25, 0.3) is 5.91 Å². The molecule has 5 rings (SSSR count). The molecule has 0 atom stereocenters. The van der Waals surface area contributed by atoms with Gasteiger partial charge < -0.3 is 15.0 Å². The van der Waals surface area contributed by atoms with Gasteiger partial charge in [-0.1, -0.05) is 54.1 Å². The number of aromatic nitrogens is 1. The molecule has 2 N–H and O–H groups in total. The second-order valence-electron chi connectivity index (χ2n) is 7.59. The zero-order valence-corrected chi connectivity index (χ0v) is 17.5. The van der Waals surface area contributed by atoms with E-state index in [0.29, 0.717) is 16.3 Å². The first-order chi connectivity index (χ1) is 15.0. The van der Waals surface area contributed by atoms with E-state index in [-0.39, 0.29) is 11.7 Å². The van der Waals surface area contributed by atoms with Gasteiger partial charge in [0.15, 0.2) is 0 Å². The van der Waals surface area contributed by atoms with Crippen molar-refractivity contribution in [2.45, 2.75) is 0 Å². The fourth-order valence-corrected chi connectivity index (χ4v) is 4.17. The summed E-state index contributed by atoms with van der Waals surface area (Å²) >= 11 is 6.57. The van der Waals surface area contributed by atoms with Crippen molar-refractivity contribution < 1.29 is 9.90 Å². The third-order valence-corrected chi connectivity index (χ3v) is 5.78. The zero-order valence-electron chi connectivity index (χ0n) is 16.8. The standard InChI is InChI=1S/C26H19ClN2O2/c1-29-11-10-16(15-29)12-22-21-13-20(23(27)14-24(21)28-26(22)31)18-8-6-17(7-9-18)19-4-2-3-5-25(19)30/h2-15,30H,1H3,(H,28,31). The van der Waals surface area contributed by atoms with Crippen molar-refractivity contribution in [3.63, 3.8) is 0 Å². The normalized spacial score (nSPS) is 14.0. The number of aryl methyl sites for hydroxylation is 1. The van der Waals surface area contributed by atoms with E-state index in [1.54, 1.807) is 18.2 Å². The number of benzene rings is 3. The number of hydrogen-bond donors (Lipinski definition) is 2. The molecular weight excluding hydrogens is 408 g/mol. The summed E-state index contributed by atoms with van der Waals surface area (Å²) in [5, 5.41) is 13.6. The van der Waals surface area contributed by atoms with E-state index in [4.69, 9.17) is 11.6 Å². The van der Waals surface area contributed by atoms with Crippen LogP contribution in [0.4, 0.5) is 5.69 Å². The maximum absolute atomic E-state index is 12.6. The van der Waals surface area contributed by atoms with Crippen LogP contribution in [-0.4, -0.2) is 15.6 Å². The van der Waals surface area contributed by atoms with Crippen LogP contribution in [0.2, 0.25) is 5.02 Å². The Balaban J connectivity index is 1.55. The number of anilines is 1. The van der Waals surface area contributed by atoms with E-state index < -0.39 is 0 Å². The summed E-state index contributed by atoms with van der Waals surface area (Å²) in [4.78, 5) is 12.6. The van der Waals surface area contributed by atoms with Crippen LogP contribution < -0.4 is 5.32 Å². The molecule has 31 heavy (non-hydrogen) atoms. The minimum atomic E-state index is -0.137. The zero-order chi connectivity index (χ0) is 21.5. The van der Waals surface area contributed by atoms with E-state index in [1.165, 1.54) is 0 Å². The van der Waals surface area contributed by atoms with Crippen molar-refractivity contribution in [3.8, 4) is 28.0 Å². The van der Waals surface area contributed by atoms with Gasteiger partial charge >= 0.3 is 0 Å². The maximum Gasteiger partial charge on any atom is 0.256 e. The summed E-state index contributed by atoms with van der Waals surface area (Å²) in [7, 11) is 1.95. The highest BCUT2D eigenvalue weighted by atomic mass is 35.5. The van der Waals surface area contributed by atoms with Crippen LogP contribution in [0, 0.1) is 0 Å². The van der Waals surface area contributed by atoms with Crippen molar-refractivity contribution in [2.75, 3.05) is 5.32 Å². The van der Waals surface area contributed by atoms with Crippen molar-refractivity contribution in [1.29, 1.82) is 0 Å². The molecule has 152 valence electrons. The quantitative estimate of drug-likeness (QED) is 0.382. The van der Waals surface area contributed by atoms with Gasteiger partial charge in [0.1, 0.15) is 5.75 Å². The van der Waals surface area contributed by atoms with Crippen molar-refractivity contribution in [3.05, 3.63) is 95.3 Å². The monoisotopic (exact) mass is 426 g/mol. The summed E-state index contributed by atoms with van der Waals surface area (Å²) in [6.45, 7) is 0. The Morgan fingerprint density at radius 1 is 0.935 bits per heavy atom. The molecule has 1 aromatic heterocycles. The van der Waals surface area contributed by atoms with Gasteiger partial charge in [0, 0.05) is 41.7 Å². The smallest absolute Gasteiger partial charge is 0.256 e. The minimum Gasteiger partial charge on any atom is -0.507 e. The number of hydrogen-bond acceptors (Lipinski definition) is 2. The molecule has 2 heterocycles. The molecule has 0 radical (unpaired) electrons. The van der Waals surface area contributed by atoms with Gasteiger partial charge in [-0.05, 0) is 47.0 Å². The third kappa shape index (κ3) is 3.51. The number of rotatable bonds is 3. The molecular formula is C26H19ClN2O2. The van der Waals surface area contributed by atoms with Crippen molar-refractivity contribution in [2.24, 2.45) is 7.05 Å². The van der Waals surface area contributed by atoms with E-state index >= 15 is 0 Å². The van der Waals surface area contributed by atoms with Gasteiger partial charge in [-0.3, -0.25) is 4.79 Å². The number of para-hydroxylation sites is 1. The number of phenolic OH excluding ortho intramolecular Hbond substituents is 1. The molecule has 0 saturated heterocycles. The number of amides is 1. The van der Waals surface area contributed by atoms with E-state index in [2.05, 4.69) is 5.32 Å². The summed E-state index contributed by atoms with van der Waals surface area (Å²) in [5.74, 6) is 0.105. The second-order valence-corrected chi connectivity index (χ2v) is 8.00. The average molecular weight is 427 g/mol. The molecule has 0 bridgehead atoms. The number of nitrogens with zero attached hydrogens (tertiary/aromatic N) is 1. The number of carbonyl (C=O) groups excluding carboxylic acids is 1. The summed E-state index contributed by atoms with van der Waals surface area (Å²) in [5.41, 5.74) is 6.60. The summed E-state index contributed by atoms with van der Waals surface area (Å²) in [6, 6.07) is 20.8. The Morgan fingerprint density at radius 2 is 1.65 bits per heavy atom. The van der Waals surface area contributed by atoms with Crippen molar-refractivity contribution >= 4 is 34.8 Å². The lowest BCUT2D eigenvalue weighted by Gasteiger charge is -2.10. The summed E-state index contributed by atoms with van der Waals surface area (Å²) in [6.07, 6.45) is 5.80. The van der Waals surface area contributed by atoms with Crippen LogP contribution in [0.1, 0.15) is 11.1 Å². The summed E-state index contributed by atoms with van der Waals surface area (Å²) < 4.78 is 1.94. The highest BCUT2D eigenvalue weighted by Crippen LogP contribution is 2.41. The Hall–Kier alpha value is -3.76. The number of fused-ring (bicyclic) bond motifs is 1. The molecule has 4 nitrogen and oxygen atoms in total. The molecule has 1 aliphatic heterocycles. The lowest BCUT2D eigenvalue weighted by Crippen LogP contribution is -2.03. The lowest BCUT2D eigenvalue weighted by molar-refractivity contribution is -0.110. The number of aromatic hydroxyl groups is 1. The number of carbonyl (C=O) groups is 1. The highest BCUT2D eigenvalue weighted by Gasteiger charge is 2.26. The maximum atomic E-state index is 12.6. The minimum absolute atomic E-state index is 0.137. The molecule has 0 unspecified atom stereocenters. The molecule has 0 fully saturated rings. The molecule has 0 spiro atoms. The first kappa shape index (κ1) is 19.2. The van der Waals surface area contributed by atoms with Gasteiger partial charge in [0.2, 0.25) is 0 Å². The number of phenols is 1. The van der Waals surface area contributed by atoms with Gasteiger partial charge in [-0.2, -0.15) is 0 Å². The Bertz CT molecular complexity index is 1350. The fraction of sp³-hybridized carbons (Fsp3) is 0.0385. The average Bonchev–Trinajstić information content (AvgIpc) is 3.30. The molecule has 3 aromatic carbocycles. The first-order valence-electron chi connectivity index (χ1n) is 9.87. The largest absolute Gasteiger partial charge is 0.507 e. The van der Waals surface area contributed by atoms with Gasteiger partial charge in [-0.15, -0.1) is 0 Å². The van der Waals surface area contributed by atoms with Crippen LogP contribution in [0.15, 0.2) is 79.1 Å². The fourth-order valence-electron chi connectivity index (χ4n) is 3.90. The lowest BCUT2D eigenvalue weighted by atomic mass is 9.96. The van der Waals surface area contributed by atoms with Crippen LogP contribution in [0.3, 0.4) is 0 Å². The molecule has 4 aromatic rings. The predicted molar refractivity (Wildman–Crippen MR) is 126 cm³/mol. The number of nitrogens with one attached hydrogen (secondary N) is 1. The SMILES string of the molecule is Cn1ccc(C=C2C(=O)Nc3cc(Cl)c(-c4ccc(-c5ccccc5O)cc4)cc32)c1. The highest BCUT2D eigenvalue weighted by molar-refractivity contribution is 6.38. The van der Waals surface area contributed by atoms with Crippen molar-refractivity contribution in [1.82, 2.24) is 4.57 Å². The Kier molecular flexibility index (Phi) is 4.64. The van der Waals surface area contributed by atoms with Crippen LogP contribution >= 0.6 is 11.6 Å². The van der Waals surface area contributed by atoms with Crippen LogP contribution in [0.5, 0.6) is 5.75 Å². The molecule has 1 amide bonds. The molecule has 1 aliphatic rings. The second kappa shape index (κ2) is 7.49. The first-order valence-corrected chi connectivity index (χ1v) is 10.2. The molecule has 5 heteroatoms. The van der Waals surface area contributed by atoms with E-state index in [9.17, 15) is 9.90 Å². The topological polar surface area (TPSA) is 54.3 Å². The third-order valence-electron chi connectivity index (χ3n) is 5.47. The van der Waals surface area contributed by atoms with Gasteiger partial charge in [0.05, 0.1) is 10.7 Å².